The average Bonchev–Trinajstić information content (AvgIpc) is 2.85. The van der Waals surface area contributed by atoms with Crippen LogP contribution in [0, 0.1) is 5.82 Å². The lowest BCUT2D eigenvalue weighted by Gasteiger charge is -2.36. The lowest BCUT2D eigenvalue weighted by atomic mass is 10.2. The summed E-state index contributed by atoms with van der Waals surface area (Å²) in [4.78, 5) is 25.6. The van der Waals surface area contributed by atoms with Crippen LogP contribution in [-0.2, 0) is 4.79 Å². The number of nitrogens with one attached hydrogen (secondary N) is 1. The summed E-state index contributed by atoms with van der Waals surface area (Å²) < 4.78 is 19.2. The Labute approximate surface area is 200 Å². The third-order valence-electron chi connectivity index (χ3n) is 5.18. The summed E-state index contributed by atoms with van der Waals surface area (Å²) in [6.07, 6.45) is 1.69. The number of nitrogens with zero attached hydrogens (tertiary/aromatic N) is 4. The van der Waals surface area contributed by atoms with Crippen molar-refractivity contribution in [2.45, 2.75) is 5.16 Å². The molecule has 0 radical (unpaired) electrons. The van der Waals surface area contributed by atoms with E-state index in [0.717, 1.165) is 49.5 Å². The predicted octanol–water partition coefficient (Wildman–Crippen LogP) is 4.34. The van der Waals surface area contributed by atoms with Gasteiger partial charge in [0.1, 0.15) is 17.4 Å². The Kier molecular flexibility index (Phi) is 7.51. The SMILES string of the molecule is COc1cccc(N2CCN(c3ccnc(SCC(=O)Nc4ccc(Cl)cc4F)n3)CC2)c1. The van der Waals surface area contributed by atoms with Gasteiger partial charge < -0.3 is 19.9 Å². The van der Waals surface area contributed by atoms with Gasteiger partial charge in [-0.2, -0.15) is 0 Å². The van der Waals surface area contributed by atoms with Crippen molar-refractivity contribution in [2.24, 2.45) is 0 Å². The van der Waals surface area contributed by atoms with E-state index >= 15 is 0 Å². The Bertz CT molecular complexity index is 1130. The molecule has 0 saturated carbocycles. The second-order valence-corrected chi connectivity index (χ2v) is 8.71. The molecule has 33 heavy (non-hydrogen) atoms. The molecule has 10 heteroatoms. The third-order valence-corrected chi connectivity index (χ3v) is 6.28. The van der Waals surface area contributed by atoms with Crippen molar-refractivity contribution in [2.75, 3.05) is 54.2 Å². The highest BCUT2D eigenvalue weighted by Gasteiger charge is 2.19. The number of carbonyl (C=O) groups excluding carboxylic acids is 1. The molecule has 0 bridgehead atoms. The molecule has 1 aromatic heterocycles. The molecule has 1 N–H and O–H groups in total. The number of piperazine rings is 1. The van der Waals surface area contributed by atoms with E-state index in [9.17, 15) is 9.18 Å². The smallest absolute Gasteiger partial charge is 0.234 e. The van der Waals surface area contributed by atoms with Crippen LogP contribution in [0.2, 0.25) is 5.02 Å². The van der Waals surface area contributed by atoms with E-state index in [1.54, 1.807) is 13.3 Å². The van der Waals surface area contributed by atoms with Crippen molar-refractivity contribution in [3.05, 3.63) is 65.6 Å². The summed E-state index contributed by atoms with van der Waals surface area (Å²) in [7, 11) is 1.67. The maximum absolute atomic E-state index is 13.9. The monoisotopic (exact) mass is 487 g/mol. The number of carbonyl (C=O) groups is 1. The molecule has 1 aliphatic heterocycles. The van der Waals surface area contributed by atoms with Crippen LogP contribution in [0.5, 0.6) is 5.75 Å². The topological polar surface area (TPSA) is 70.6 Å². The zero-order chi connectivity index (χ0) is 23.2. The van der Waals surface area contributed by atoms with Crippen LogP contribution in [0.4, 0.5) is 21.6 Å². The van der Waals surface area contributed by atoms with Gasteiger partial charge in [0.05, 0.1) is 18.6 Å². The van der Waals surface area contributed by atoms with Gasteiger partial charge in [-0.3, -0.25) is 4.79 Å². The minimum atomic E-state index is -0.577. The Morgan fingerprint density at radius 3 is 2.70 bits per heavy atom. The molecule has 2 heterocycles. The van der Waals surface area contributed by atoms with E-state index in [1.807, 2.05) is 24.3 Å². The van der Waals surface area contributed by atoms with Crippen LogP contribution in [0.1, 0.15) is 0 Å². The zero-order valence-electron chi connectivity index (χ0n) is 18.0. The second-order valence-electron chi connectivity index (χ2n) is 7.33. The van der Waals surface area contributed by atoms with E-state index in [0.29, 0.717) is 5.16 Å². The fourth-order valence-corrected chi connectivity index (χ4v) is 4.27. The molecular formula is C23H23ClFN5O2S. The van der Waals surface area contributed by atoms with Crippen LogP contribution in [-0.4, -0.2) is 54.9 Å². The predicted molar refractivity (Wildman–Crippen MR) is 130 cm³/mol. The van der Waals surface area contributed by atoms with Crippen LogP contribution in [0.15, 0.2) is 59.9 Å². The highest BCUT2D eigenvalue weighted by atomic mass is 35.5. The molecule has 0 atom stereocenters. The number of rotatable bonds is 7. The summed E-state index contributed by atoms with van der Waals surface area (Å²) in [6, 6.07) is 14.0. The number of hydrogen-bond donors (Lipinski definition) is 1. The van der Waals surface area contributed by atoms with Crippen molar-refractivity contribution in [3.8, 4) is 5.75 Å². The third kappa shape index (κ3) is 6.06. The Morgan fingerprint density at radius 1 is 1.15 bits per heavy atom. The van der Waals surface area contributed by atoms with Crippen molar-refractivity contribution in [1.82, 2.24) is 9.97 Å². The fourth-order valence-electron chi connectivity index (χ4n) is 3.49. The van der Waals surface area contributed by atoms with Gasteiger partial charge in [0.25, 0.3) is 0 Å². The van der Waals surface area contributed by atoms with E-state index in [-0.39, 0.29) is 22.4 Å². The number of hydrogen-bond acceptors (Lipinski definition) is 7. The van der Waals surface area contributed by atoms with Gasteiger partial charge >= 0.3 is 0 Å². The number of benzene rings is 2. The molecule has 172 valence electrons. The average molecular weight is 488 g/mol. The number of aromatic nitrogens is 2. The molecular weight excluding hydrogens is 465 g/mol. The first-order chi connectivity index (χ1) is 16.0. The van der Waals surface area contributed by atoms with E-state index in [2.05, 4.69) is 31.2 Å². The first-order valence-electron chi connectivity index (χ1n) is 10.4. The normalized spacial score (nSPS) is 13.7. The van der Waals surface area contributed by atoms with Crippen LogP contribution >= 0.6 is 23.4 Å². The van der Waals surface area contributed by atoms with E-state index in [1.165, 1.54) is 23.9 Å². The number of amides is 1. The zero-order valence-corrected chi connectivity index (χ0v) is 19.6. The van der Waals surface area contributed by atoms with Crippen LogP contribution < -0.4 is 19.9 Å². The molecule has 0 aliphatic carbocycles. The minimum absolute atomic E-state index is 0.0646. The molecule has 4 rings (SSSR count). The summed E-state index contributed by atoms with van der Waals surface area (Å²) in [5, 5.41) is 3.31. The maximum atomic E-state index is 13.9. The second kappa shape index (κ2) is 10.7. The molecule has 2 aromatic carbocycles. The highest BCUT2D eigenvalue weighted by Crippen LogP contribution is 2.24. The minimum Gasteiger partial charge on any atom is -0.497 e. The van der Waals surface area contributed by atoms with Gasteiger partial charge in [0, 0.05) is 49.2 Å². The molecule has 1 amide bonds. The van der Waals surface area contributed by atoms with Gasteiger partial charge in [-0.25, -0.2) is 14.4 Å². The van der Waals surface area contributed by atoms with Crippen molar-refractivity contribution >= 4 is 46.5 Å². The van der Waals surface area contributed by atoms with Crippen LogP contribution in [0.25, 0.3) is 0 Å². The van der Waals surface area contributed by atoms with Gasteiger partial charge in [-0.1, -0.05) is 29.4 Å². The number of ether oxygens (including phenoxy) is 1. The molecule has 1 aliphatic rings. The molecule has 3 aromatic rings. The van der Waals surface area contributed by atoms with Gasteiger partial charge in [-0.05, 0) is 36.4 Å². The molecule has 1 saturated heterocycles. The largest absolute Gasteiger partial charge is 0.497 e. The Morgan fingerprint density at radius 2 is 1.94 bits per heavy atom. The first-order valence-corrected chi connectivity index (χ1v) is 11.7. The summed E-state index contributed by atoms with van der Waals surface area (Å²) in [6.45, 7) is 3.34. The maximum Gasteiger partial charge on any atom is 0.234 e. The summed E-state index contributed by atoms with van der Waals surface area (Å²) in [5.41, 5.74) is 1.23. The Hall–Kier alpha value is -3.04. The van der Waals surface area contributed by atoms with Crippen molar-refractivity contribution in [3.63, 3.8) is 0 Å². The van der Waals surface area contributed by atoms with Gasteiger partial charge in [-0.15, -0.1) is 0 Å². The standard InChI is InChI=1S/C23H23ClFN5O2S/c1-32-18-4-2-3-17(14-18)29-9-11-30(12-10-29)21-7-8-26-23(28-21)33-15-22(31)27-20-6-5-16(24)13-19(20)25/h2-8,13-14H,9-12,15H2,1H3,(H,27,31). The van der Waals surface area contributed by atoms with E-state index < -0.39 is 5.82 Å². The summed E-state index contributed by atoms with van der Waals surface area (Å²) >= 11 is 6.94. The number of methoxy groups -OCH3 is 1. The lowest BCUT2D eigenvalue weighted by Crippen LogP contribution is -2.46. The van der Waals surface area contributed by atoms with Gasteiger partial charge in [0.2, 0.25) is 5.91 Å². The molecule has 0 unspecified atom stereocenters. The fraction of sp³-hybridized carbons (Fsp3) is 0.261. The highest BCUT2D eigenvalue weighted by molar-refractivity contribution is 7.99. The van der Waals surface area contributed by atoms with Crippen LogP contribution in [0.3, 0.4) is 0 Å². The molecule has 1 fully saturated rings. The quantitative estimate of drug-likeness (QED) is 0.392. The van der Waals surface area contributed by atoms with Gasteiger partial charge in [0.15, 0.2) is 5.16 Å². The Balaban J connectivity index is 1.31. The first kappa shape index (κ1) is 23.1. The molecule has 0 spiro atoms. The lowest BCUT2D eigenvalue weighted by molar-refractivity contribution is -0.113. The van der Waals surface area contributed by atoms with E-state index in [4.69, 9.17) is 16.3 Å². The van der Waals surface area contributed by atoms with Crippen molar-refractivity contribution < 1.29 is 13.9 Å². The molecule has 7 nitrogen and oxygen atoms in total. The van der Waals surface area contributed by atoms with Crippen molar-refractivity contribution in [1.29, 1.82) is 0 Å². The number of thioether (sulfide) groups is 1. The number of anilines is 3. The number of halogens is 2. The summed E-state index contributed by atoms with van der Waals surface area (Å²) in [5.74, 6) is 0.807.